The van der Waals surface area contributed by atoms with Gasteiger partial charge in [-0.15, -0.1) is 11.3 Å². The van der Waals surface area contributed by atoms with Gasteiger partial charge in [0.25, 0.3) is 0 Å². The van der Waals surface area contributed by atoms with Crippen molar-refractivity contribution in [2.24, 2.45) is 5.92 Å². The molecule has 1 aromatic rings. The van der Waals surface area contributed by atoms with Crippen molar-refractivity contribution in [1.29, 1.82) is 0 Å². The monoisotopic (exact) mass is 296 g/mol. The predicted molar refractivity (Wildman–Crippen MR) is 87.0 cm³/mol. The van der Waals surface area contributed by atoms with Crippen LogP contribution < -0.4 is 10.6 Å². The lowest BCUT2D eigenvalue weighted by Gasteiger charge is -2.26. The summed E-state index contributed by atoms with van der Waals surface area (Å²) in [5, 5.41) is 8.66. The summed E-state index contributed by atoms with van der Waals surface area (Å²) >= 11 is 1.74. The molecule has 3 nitrogen and oxygen atoms in total. The van der Waals surface area contributed by atoms with E-state index in [9.17, 15) is 4.79 Å². The van der Waals surface area contributed by atoms with Crippen molar-refractivity contribution in [1.82, 2.24) is 10.6 Å². The standard InChI is InChI=1S/C16H28N2OS/c1-6-13(7-2)18-16(19)12(5)17-15(11(3)4)14-9-8-10-20-14/h8-13,15,17H,6-7H2,1-5H3,(H,18,19). The van der Waals surface area contributed by atoms with Crippen LogP contribution in [0.25, 0.3) is 0 Å². The van der Waals surface area contributed by atoms with E-state index in [2.05, 4.69) is 55.8 Å². The second-order valence-electron chi connectivity index (χ2n) is 5.65. The van der Waals surface area contributed by atoms with Gasteiger partial charge in [0.1, 0.15) is 0 Å². The molecule has 0 radical (unpaired) electrons. The van der Waals surface area contributed by atoms with Gasteiger partial charge in [0, 0.05) is 17.0 Å². The van der Waals surface area contributed by atoms with Crippen LogP contribution in [0.4, 0.5) is 0 Å². The highest BCUT2D eigenvalue weighted by atomic mass is 32.1. The zero-order valence-electron chi connectivity index (χ0n) is 13.3. The minimum atomic E-state index is -0.176. The summed E-state index contributed by atoms with van der Waals surface area (Å²) in [4.78, 5) is 13.5. The topological polar surface area (TPSA) is 41.1 Å². The Labute approximate surface area is 127 Å². The van der Waals surface area contributed by atoms with Gasteiger partial charge in [-0.25, -0.2) is 0 Å². The van der Waals surface area contributed by atoms with Crippen LogP contribution in [0.1, 0.15) is 58.4 Å². The summed E-state index contributed by atoms with van der Waals surface area (Å²) in [6.45, 7) is 10.5. The van der Waals surface area contributed by atoms with Gasteiger partial charge >= 0.3 is 0 Å². The molecule has 2 N–H and O–H groups in total. The summed E-state index contributed by atoms with van der Waals surface area (Å²) in [6, 6.07) is 4.54. The molecule has 1 aromatic heterocycles. The van der Waals surface area contributed by atoms with Gasteiger partial charge in [-0.05, 0) is 37.1 Å². The van der Waals surface area contributed by atoms with Crippen molar-refractivity contribution in [2.45, 2.75) is 65.6 Å². The number of carbonyl (C=O) groups excluding carboxylic acids is 1. The molecule has 0 spiro atoms. The Kier molecular flexibility index (Phi) is 7.24. The van der Waals surface area contributed by atoms with E-state index in [0.717, 1.165) is 12.8 Å². The van der Waals surface area contributed by atoms with Crippen molar-refractivity contribution < 1.29 is 4.79 Å². The number of nitrogens with one attached hydrogen (secondary N) is 2. The van der Waals surface area contributed by atoms with Gasteiger partial charge in [0.15, 0.2) is 0 Å². The molecule has 0 fully saturated rings. The number of hydrogen-bond acceptors (Lipinski definition) is 3. The third-order valence-corrected chi connectivity index (χ3v) is 4.63. The SMILES string of the molecule is CCC(CC)NC(=O)C(C)NC(c1cccs1)C(C)C. The van der Waals surface area contributed by atoms with E-state index in [0.29, 0.717) is 5.92 Å². The van der Waals surface area contributed by atoms with Crippen molar-refractivity contribution in [3.63, 3.8) is 0 Å². The highest BCUT2D eigenvalue weighted by Gasteiger charge is 2.23. The Bertz CT molecular complexity index is 385. The van der Waals surface area contributed by atoms with Crippen molar-refractivity contribution in [3.8, 4) is 0 Å². The molecule has 0 aliphatic heterocycles. The summed E-state index contributed by atoms with van der Waals surface area (Å²) < 4.78 is 0. The van der Waals surface area contributed by atoms with E-state index in [1.165, 1.54) is 4.88 Å². The van der Waals surface area contributed by atoms with E-state index in [1.54, 1.807) is 11.3 Å². The maximum Gasteiger partial charge on any atom is 0.237 e. The summed E-state index contributed by atoms with van der Waals surface area (Å²) in [6.07, 6.45) is 1.96. The fourth-order valence-electron chi connectivity index (χ4n) is 2.24. The first-order chi connectivity index (χ1) is 9.49. The Morgan fingerprint density at radius 2 is 1.90 bits per heavy atom. The molecule has 2 unspecified atom stereocenters. The van der Waals surface area contributed by atoms with Gasteiger partial charge in [-0.1, -0.05) is 33.8 Å². The number of carbonyl (C=O) groups is 1. The number of thiophene rings is 1. The molecule has 0 saturated carbocycles. The molecule has 2 atom stereocenters. The zero-order chi connectivity index (χ0) is 15.1. The first-order valence-electron chi connectivity index (χ1n) is 7.59. The quantitative estimate of drug-likeness (QED) is 0.767. The molecule has 1 amide bonds. The van der Waals surface area contributed by atoms with E-state index in [-0.39, 0.29) is 24.0 Å². The molecule has 0 saturated heterocycles. The van der Waals surface area contributed by atoms with Gasteiger partial charge in [-0.3, -0.25) is 10.1 Å². The molecule has 0 aliphatic rings. The second-order valence-corrected chi connectivity index (χ2v) is 6.63. The molecule has 0 aliphatic carbocycles. The molecular weight excluding hydrogens is 268 g/mol. The Hall–Kier alpha value is -0.870. The van der Waals surface area contributed by atoms with Crippen LogP contribution in [0, 0.1) is 5.92 Å². The largest absolute Gasteiger partial charge is 0.352 e. The molecule has 114 valence electrons. The molecule has 0 bridgehead atoms. The lowest BCUT2D eigenvalue weighted by atomic mass is 10.0. The summed E-state index contributed by atoms with van der Waals surface area (Å²) in [7, 11) is 0. The number of hydrogen-bond donors (Lipinski definition) is 2. The van der Waals surface area contributed by atoms with E-state index < -0.39 is 0 Å². The molecule has 4 heteroatoms. The fourth-order valence-corrected chi connectivity index (χ4v) is 3.19. The summed E-state index contributed by atoms with van der Waals surface area (Å²) in [5.41, 5.74) is 0. The lowest BCUT2D eigenvalue weighted by Crippen LogP contribution is -2.47. The second kappa shape index (κ2) is 8.42. The smallest absolute Gasteiger partial charge is 0.237 e. The van der Waals surface area contributed by atoms with Crippen molar-refractivity contribution in [3.05, 3.63) is 22.4 Å². The third kappa shape index (κ3) is 4.91. The van der Waals surface area contributed by atoms with Crippen molar-refractivity contribution >= 4 is 17.2 Å². The van der Waals surface area contributed by atoms with Gasteiger partial charge < -0.3 is 5.32 Å². The van der Waals surface area contributed by atoms with Crippen LogP contribution in [-0.2, 0) is 4.79 Å². The fraction of sp³-hybridized carbons (Fsp3) is 0.688. The van der Waals surface area contributed by atoms with Gasteiger partial charge in [0.2, 0.25) is 5.91 Å². The normalized spacial score (nSPS) is 14.6. The molecule has 0 aromatic carbocycles. The average molecular weight is 296 g/mol. The number of rotatable bonds is 8. The van der Waals surface area contributed by atoms with Gasteiger partial charge in [-0.2, -0.15) is 0 Å². The van der Waals surface area contributed by atoms with Crippen LogP contribution in [0.2, 0.25) is 0 Å². The van der Waals surface area contributed by atoms with E-state index in [1.807, 2.05) is 6.92 Å². The Balaban J connectivity index is 2.62. The Morgan fingerprint density at radius 3 is 2.35 bits per heavy atom. The molecule has 1 heterocycles. The minimum Gasteiger partial charge on any atom is -0.352 e. The lowest BCUT2D eigenvalue weighted by molar-refractivity contribution is -0.123. The van der Waals surface area contributed by atoms with Crippen LogP contribution >= 0.6 is 11.3 Å². The predicted octanol–water partition coefficient (Wildman–Crippen LogP) is 3.73. The highest BCUT2D eigenvalue weighted by Crippen LogP contribution is 2.26. The first kappa shape index (κ1) is 17.2. The zero-order valence-corrected chi connectivity index (χ0v) is 14.1. The maximum absolute atomic E-state index is 12.2. The van der Waals surface area contributed by atoms with Crippen LogP contribution in [0.5, 0.6) is 0 Å². The van der Waals surface area contributed by atoms with E-state index in [4.69, 9.17) is 0 Å². The number of amides is 1. The summed E-state index contributed by atoms with van der Waals surface area (Å²) in [5.74, 6) is 0.554. The van der Waals surface area contributed by atoms with E-state index >= 15 is 0 Å². The third-order valence-electron chi connectivity index (χ3n) is 3.67. The molecular formula is C16H28N2OS. The van der Waals surface area contributed by atoms with Crippen LogP contribution in [-0.4, -0.2) is 18.0 Å². The minimum absolute atomic E-state index is 0.0981. The molecule has 20 heavy (non-hydrogen) atoms. The molecule has 1 rings (SSSR count). The van der Waals surface area contributed by atoms with Crippen molar-refractivity contribution in [2.75, 3.05) is 0 Å². The maximum atomic E-state index is 12.2. The van der Waals surface area contributed by atoms with Crippen LogP contribution in [0.3, 0.4) is 0 Å². The van der Waals surface area contributed by atoms with Gasteiger partial charge in [0.05, 0.1) is 6.04 Å². The average Bonchev–Trinajstić information content (AvgIpc) is 2.94. The Morgan fingerprint density at radius 1 is 1.25 bits per heavy atom. The first-order valence-corrected chi connectivity index (χ1v) is 8.47. The van der Waals surface area contributed by atoms with Crippen LogP contribution in [0.15, 0.2) is 17.5 Å². The highest BCUT2D eigenvalue weighted by molar-refractivity contribution is 7.10.